The van der Waals surface area contributed by atoms with E-state index >= 15 is 0 Å². The summed E-state index contributed by atoms with van der Waals surface area (Å²) in [6, 6.07) is 0. The van der Waals surface area contributed by atoms with Gasteiger partial charge in [0.05, 0.1) is 24.0 Å². The molecule has 0 radical (unpaired) electrons. The number of amides is 1. The molecule has 2 aromatic heterocycles. The van der Waals surface area contributed by atoms with Gasteiger partial charge in [-0.1, -0.05) is 5.21 Å². The first-order valence-corrected chi connectivity index (χ1v) is 6.15. The molecule has 9 nitrogen and oxygen atoms in total. The van der Waals surface area contributed by atoms with Gasteiger partial charge in [0.15, 0.2) is 0 Å². The van der Waals surface area contributed by atoms with E-state index in [1.165, 1.54) is 17.1 Å². The molecule has 9 heteroatoms. The third-order valence-electron chi connectivity index (χ3n) is 2.66. The summed E-state index contributed by atoms with van der Waals surface area (Å²) in [6.07, 6.45) is 2.93. The average Bonchev–Trinajstić information content (AvgIpc) is 2.82. The molecule has 0 saturated carbocycles. The molecule has 2 aromatic rings. The second-order valence-electron chi connectivity index (χ2n) is 4.40. The molecular formula is C12H14N6O3. The number of rotatable bonds is 5. The van der Waals surface area contributed by atoms with Gasteiger partial charge in [-0.3, -0.25) is 9.59 Å². The Balaban J connectivity index is 1.97. The summed E-state index contributed by atoms with van der Waals surface area (Å²) in [7, 11) is 0. The van der Waals surface area contributed by atoms with E-state index < -0.39 is 5.97 Å². The fourth-order valence-electron chi connectivity index (χ4n) is 1.71. The molecule has 0 spiro atoms. The number of nitrogens with zero attached hydrogens (tertiary/aromatic N) is 5. The Morgan fingerprint density at radius 3 is 2.81 bits per heavy atom. The minimum absolute atomic E-state index is 0.145. The fraction of sp³-hybridized carbons (Fsp3) is 0.333. The zero-order valence-corrected chi connectivity index (χ0v) is 11.6. The molecular weight excluding hydrogens is 276 g/mol. The van der Waals surface area contributed by atoms with Crippen molar-refractivity contribution in [1.82, 2.24) is 30.3 Å². The van der Waals surface area contributed by atoms with Crippen LogP contribution in [0.2, 0.25) is 0 Å². The number of nitrogens with one attached hydrogen (secondary N) is 1. The highest BCUT2D eigenvalue weighted by atomic mass is 16.4. The van der Waals surface area contributed by atoms with Crippen molar-refractivity contribution < 1.29 is 14.7 Å². The van der Waals surface area contributed by atoms with Gasteiger partial charge in [0.2, 0.25) is 0 Å². The highest BCUT2D eigenvalue weighted by Crippen LogP contribution is 2.04. The van der Waals surface area contributed by atoms with Gasteiger partial charge >= 0.3 is 5.97 Å². The topological polar surface area (TPSA) is 123 Å². The van der Waals surface area contributed by atoms with Crippen LogP contribution < -0.4 is 5.32 Å². The van der Waals surface area contributed by atoms with Crippen LogP contribution in [-0.2, 0) is 17.9 Å². The van der Waals surface area contributed by atoms with Gasteiger partial charge in [-0.25, -0.2) is 14.6 Å². The monoisotopic (exact) mass is 290 g/mol. The van der Waals surface area contributed by atoms with Crippen molar-refractivity contribution in [2.45, 2.75) is 26.9 Å². The summed E-state index contributed by atoms with van der Waals surface area (Å²) >= 11 is 0. The number of hydrogen-bond acceptors (Lipinski definition) is 6. The third-order valence-corrected chi connectivity index (χ3v) is 2.66. The van der Waals surface area contributed by atoms with E-state index in [1.54, 1.807) is 13.8 Å². The first-order chi connectivity index (χ1) is 9.95. The summed E-state index contributed by atoms with van der Waals surface area (Å²) in [5.41, 5.74) is 1.45. The highest BCUT2D eigenvalue weighted by molar-refractivity contribution is 5.94. The zero-order chi connectivity index (χ0) is 15.4. The van der Waals surface area contributed by atoms with Crippen LogP contribution in [0.5, 0.6) is 0 Å². The van der Waals surface area contributed by atoms with Gasteiger partial charge in [0.25, 0.3) is 5.91 Å². The molecule has 0 atom stereocenters. The summed E-state index contributed by atoms with van der Waals surface area (Å²) in [5.74, 6) is -0.733. The van der Waals surface area contributed by atoms with Gasteiger partial charge in [-0.05, 0) is 13.8 Å². The van der Waals surface area contributed by atoms with E-state index in [-0.39, 0.29) is 19.0 Å². The van der Waals surface area contributed by atoms with Crippen LogP contribution >= 0.6 is 0 Å². The number of carbonyl (C=O) groups is 2. The maximum absolute atomic E-state index is 12.0. The minimum atomic E-state index is -1.01. The summed E-state index contributed by atoms with van der Waals surface area (Å²) < 4.78 is 1.18. The highest BCUT2D eigenvalue weighted by Gasteiger charge is 2.11. The van der Waals surface area contributed by atoms with E-state index in [9.17, 15) is 9.59 Å². The predicted octanol–water partition coefficient (Wildman–Crippen LogP) is -0.300. The van der Waals surface area contributed by atoms with E-state index in [0.717, 1.165) is 0 Å². The van der Waals surface area contributed by atoms with Crippen molar-refractivity contribution in [1.29, 1.82) is 0 Å². The molecule has 2 heterocycles. The van der Waals surface area contributed by atoms with Gasteiger partial charge in [0, 0.05) is 6.20 Å². The lowest BCUT2D eigenvalue weighted by Gasteiger charge is -2.05. The first-order valence-electron chi connectivity index (χ1n) is 6.15. The van der Waals surface area contributed by atoms with Gasteiger partial charge in [-0.2, -0.15) is 0 Å². The smallest absolute Gasteiger partial charge is 0.325 e. The van der Waals surface area contributed by atoms with Gasteiger partial charge in [0.1, 0.15) is 18.1 Å². The van der Waals surface area contributed by atoms with Crippen LogP contribution in [0.1, 0.15) is 27.6 Å². The molecule has 2 rings (SSSR count). The standard InChI is InChI=1S/C12H14N6O3/c1-7-10(4-13-8(2)15-7)12(21)14-3-9-5-18(17-16-9)6-11(19)20/h4-5H,3,6H2,1-2H3,(H,14,21)(H,19,20). The van der Waals surface area contributed by atoms with Crippen LogP contribution in [0.4, 0.5) is 0 Å². The van der Waals surface area contributed by atoms with Crippen molar-refractivity contribution in [3.05, 3.63) is 35.2 Å². The van der Waals surface area contributed by atoms with Crippen molar-refractivity contribution in [2.24, 2.45) is 0 Å². The maximum Gasteiger partial charge on any atom is 0.325 e. The molecule has 0 saturated heterocycles. The second-order valence-corrected chi connectivity index (χ2v) is 4.40. The first kappa shape index (κ1) is 14.6. The lowest BCUT2D eigenvalue weighted by molar-refractivity contribution is -0.137. The average molecular weight is 290 g/mol. The number of aliphatic carboxylic acids is 1. The Kier molecular flexibility index (Phi) is 4.21. The molecule has 0 bridgehead atoms. The SMILES string of the molecule is Cc1ncc(C(=O)NCc2cn(CC(=O)O)nn2)c(C)n1. The number of carbonyl (C=O) groups excluding carboxylic acids is 1. The third kappa shape index (κ3) is 3.81. The zero-order valence-electron chi connectivity index (χ0n) is 11.6. The van der Waals surface area contributed by atoms with E-state index in [2.05, 4.69) is 25.6 Å². The van der Waals surface area contributed by atoms with Crippen molar-refractivity contribution in [3.8, 4) is 0 Å². The van der Waals surface area contributed by atoms with E-state index in [1.807, 2.05) is 0 Å². The van der Waals surface area contributed by atoms with Crippen LogP contribution in [0.3, 0.4) is 0 Å². The Hall–Kier alpha value is -2.84. The number of carboxylic acid groups (broad SMARTS) is 1. The minimum Gasteiger partial charge on any atom is -0.480 e. The van der Waals surface area contributed by atoms with E-state index in [4.69, 9.17) is 5.11 Å². The predicted molar refractivity (Wildman–Crippen MR) is 70.3 cm³/mol. The largest absolute Gasteiger partial charge is 0.480 e. The Morgan fingerprint density at radius 2 is 2.14 bits per heavy atom. The molecule has 21 heavy (non-hydrogen) atoms. The van der Waals surface area contributed by atoms with Crippen LogP contribution in [0.25, 0.3) is 0 Å². The Labute approximate surface area is 120 Å². The van der Waals surface area contributed by atoms with Crippen LogP contribution in [-0.4, -0.2) is 41.9 Å². The van der Waals surface area contributed by atoms with E-state index in [0.29, 0.717) is 22.8 Å². The normalized spacial score (nSPS) is 10.4. The summed E-state index contributed by atoms with van der Waals surface area (Å²) in [5, 5.41) is 18.7. The summed E-state index contributed by atoms with van der Waals surface area (Å²) in [6.45, 7) is 3.35. The molecule has 1 amide bonds. The van der Waals surface area contributed by atoms with Crippen molar-refractivity contribution in [3.63, 3.8) is 0 Å². The molecule has 0 fully saturated rings. The molecule has 0 aliphatic rings. The molecule has 0 aromatic carbocycles. The lowest BCUT2D eigenvalue weighted by Crippen LogP contribution is -2.24. The van der Waals surface area contributed by atoms with Crippen LogP contribution in [0, 0.1) is 13.8 Å². The Morgan fingerprint density at radius 1 is 1.38 bits per heavy atom. The van der Waals surface area contributed by atoms with Gasteiger partial charge in [-0.15, -0.1) is 5.10 Å². The lowest BCUT2D eigenvalue weighted by atomic mass is 10.2. The van der Waals surface area contributed by atoms with Crippen LogP contribution in [0.15, 0.2) is 12.4 Å². The molecule has 110 valence electrons. The molecule has 0 aliphatic heterocycles. The summed E-state index contributed by atoms with van der Waals surface area (Å²) in [4.78, 5) is 30.6. The quantitative estimate of drug-likeness (QED) is 0.774. The second kappa shape index (κ2) is 6.07. The molecule has 0 aliphatic carbocycles. The molecule has 2 N–H and O–H groups in total. The maximum atomic E-state index is 12.0. The van der Waals surface area contributed by atoms with Gasteiger partial charge < -0.3 is 10.4 Å². The number of aryl methyl sites for hydroxylation is 2. The number of aromatic nitrogens is 5. The van der Waals surface area contributed by atoms with Crippen molar-refractivity contribution >= 4 is 11.9 Å². The fourth-order valence-corrected chi connectivity index (χ4v) is 1.71. The number of hydrogen-bond donors (Lipinski definition) is 2. The number of carboxylic acids is 1. The molecule has 0 unspecified atom stereocenters. The Bertz CT molecular complexity index is 681. The van der Waals surface area contributed by atoms with Crippen molar-refractivity contribution in [2.75, 3.05) is 0 Å².